The number of carbonyl (C=O) groups excluding carboxylic acids is 1. The van der Waals surface area contributed by atoms with Crippen LogP contribution in [0.1, 0.15) is 11.1 Å². The monoisotopic (exact) mass is 508 g/mol. The SMILES string of the molecule is Cc1cc(N2CCNCC2)cc2c1N=c1c(C)cc(N3CCOCC3)cc1=S2OC(=O)C(F)(F)F. The molecule has 0 radical (unpaired) electrons. The van der Waals surface area contributed by atoms with Gasteiger partial charge in [0.15, 0.2) is 0 Å². The quantitative estimate of drug-likeness (QED) is 0.642. The standard InChI is InChI=1S/C24H27F3N4O3S/c1-15-11-17(30-5-3-28-4-6-30)13-19-21(15)29-22-16(2)12-18(31-7-9-33-10-8-31)14-20(22)35(19)34-23(32)24(25,26)27/h11-14,28H,3-10H2,1-2H3. The highest BCUT2D eigenvalue weighted by atomic mass is 32.2. The zero-order chi connectivity index (χ0) is 24.7. The summed E-state index contributed by atoms with van der Waals surface area (Å²) in [5.41, 5.74) is 3.97. The summed E-state index contributed by atoms with van der Waals surface area (Å²) >= 11 is 0. The third-order valence-electron chi connectivity index (χ3n) is 6.37. The van der Waals surface area contributed by atoms with Gasteiger partial charge in [-0.05, 0) is 49.2 Å². The summed E-state index contributed by atoms with van der Waals surface area (Å²) < 4.78 is 51.1. The van der Waals surface area contributed by atoms with Gasteiger partial charge in [0.25, 0.3) is 0 Å². The van der Waals surface area contributed by atoms with E-state index in [0.29, 0.717) is 46.8 Å². The summed E-state index contributed by atoms with van der Waals surface area (Å²) in [6.45, 7) is 9.48. The van der Waals surface area contributed by atoms with Gasteiger partial charge in [-0.1, -0.05) is 0 Å². The van der Waals surface area contributed by atoms with Gasteiger partial charge in [-0.25, -0.2) is 9.79 Å². The molecule has 2 aromatic carbocycles. The summed E-state index contributed by atoms with van der Waals surface area (Å²) in [4.78, 5) is 21.8. The Labute approximate surface area is 203 Å². The topological polar surface area (TPSA) is 66.4 Å². The molecule has 5 rings (SSSR count). The van der Waals surface area contributed by atoms with Crippen LogP contribution < -0.4 is 20.5 Å². The van der Waals surface area contributed by atoms with E-state index in [1.807, 2.05) is 38.1 Å². The molecule has 0 aromatic heterocycles. The second-order valence-corrected chi connectivity index (χ2v) is 10.4. The van der Waals surface area contributed by atoms with E-state index < -0.39 is 22.9 Å². The second-order valence-electron chi connectivity index (χ2n) is 8.80. The molecule has 0 saturated carbocycles. The molecule has 2 fully saturated rings. The van der Waals surface area contributed by atoms with Gasteiger partial charge in [-0.15, -0.1) is 0 Å². The highest BCUT2D eigenvalue weighted by Gasteiger charge is 2.42. The first kappa shape index (κ1) is 24.1. The molecule has 188 valence electrons. The van der Waals surface area contributed by atoms with Crippen LogP contribution in [0.4, 0.5) is 30.2 Å². The Kier molecular flexibility index (Phi) is 6.49. The Balaban J connectivity index is 1.72. The lowest BCUT2D eigenvalue weighted by molar-refractivity contribution is -0.188. The molecule has 1 unspecified atom stereocenters. The van der Waals surface area contributed by atoms with Crippen LogP contribution in [0.15, 0.2) is 34.2 Å². The van der Waals surface area contributed by atoms with Crippen LogP contribution in [0.3, 0.4) is 0 Å². The number of hydrogen-bond acceptors (Lipinski definition) is 7. The van der Waals surface area contributed by atoms with Gasteiger partial charge in [-0.3, -0.25) is 0 Å². The highest BCUT2D eigenvalue weighted by molar-refractivity contribution is 8.05. The number of rotatable bonds is 3. The van der Waals surface area contributed by atoms with Crippen LogP contribution in [0.25, 0.3) is 0 Å². The van der Waals surface area contributed by atoms with Crippen molar-refractivity contribution in [2.24, 2.45) is 4.99 Å². The third kappa shape index (κ3) is 4.76. The first-order valence-electron chi connectivity index (χ1n) is 11.6. The van der Waals surface area contributed by atoms with E-state index in [2.05, 4.69) is 15.1 Å². The predicted octanol–water partition coefficient (Wildman–Crippen LogP) is 3.41. The fourth-order valence-corrected chi connectivity index (χ4v) is 6.46. The number of anilines is 2. The van der Waals surface area contributed by atoms with Gasteiger partial charge >= 0.3 is 12.1 Å². The van der Waals surface area contributed by atoms with Gasteiger partial charge < -0.3 is 24.0 Å². The smallest absolute Gasteiger partial charge is 0.388 e. The fourth-order valence-electron chi connectivity index (χ4n) is 4.58. The maximum atomic E-state index is 13.3. The zero-order valence-corrected chi connectivity index (χ0v) is 20.4. The normalized spacial score (nSPS) is 20.1. The molecule has 2 aromatic rings. The first-order chi connectivity index (χ1) is 16.7. The Hall–Kier alpha value is -2.63. The molecule has 0 bridgehead atoms. The number of hydrogen-bond donors (Lipinski definition) is 1. The van der Waals surface area contributed by atoms with Crippen LogP contribution in [0.2, 0.25) is 0 Å². The fraction of sp³-hybridized carbons (Fsp3) is 0.458. The Morgan fingerprint density at radius 2 is 1.63 bits per heavy atom. The van der Waals surface area contributed by atoms with E-state index in [0.717, 1.165) is 48.7 Å². The number of nitrogens with zero attached hydrogens (tertiary/aromatic N) is 3. The molecule has 35 heavy (non-hydrogen) atoms. The summed E-state index contributed by atoms with van der Waals surface area (Å²) in [6, 6.07) is 7.64. The summed E-state index contributed by atoms with van der Waals surface area (Å²) in [5, 5.41) is 3.86. The van der Waals surface area contributed by atoms with Crippen molar-refractivity contribution in [1.82, 2.24) is 5.32 Å². The number of benzene rings is 2. The Bertz CT molecular complexity index is 1290. The molecule has 3 heterocycles. The van der Waals surface area contributed by atoms with Crippen molar-refractivity contribution in [2.45, 2.75) is 24.9 Å². The molecule has 0 amide bonds. The molecule has 3 aliphatic rings. The minimum Gasteiger partial charge on any atom is -0.388 e. The number of morpholine rings is 1. The molecule has 0 aliphatic carbocycles. The minimum atomic E-state index is -5.09. The van der Waals surface area contributed by atoms with Crippen molar-refractivity contribution in [3.05, 3.63) is 45.3 Å². The van der Waals surface area contributed by atoms with Crippen molar-refractivity contribution in [3.8, 4) is 0 Å². The molecule has 1 N–H and O–H groups in total. The average molecular weight is 509 g/mol. The number of halogens is 3. The highest BCUT2D eigenvalue weighted by Crippen LogP contribution is 2.45. The number of aryl methyl sites for hydroxylation is 2. The van der Waals surface area contributed by atoms with Crippen LogP contribution in [0.5, 0.6) is 0 Å². The summed E-state index contributed by atoms with van der Waals surface area (Å²) in [7, 11) is -1.58. The van der Waals surface area contributed by atoms with Crippen molar-refractivity contribution in [1.29, 1.82) is 0 Å². The van der Waals surface area contributed by atoms with E-state index in [9.17, 15) is 18.0 Å². The summed E-state index contributed by atoms with van der Waals surface area (Å²) in [6.07, 6.45) is -5.09. The predicted molar refractivity (Wildman–Crippen MR) is 128 cm³/mol. The van der Waals surface area contributed by atoms with E-state index in [4.69, 9.17) is 13.9 Å². The largest absolute Gasteiger partial charge is 0.492 e. The van der Waals surface area contributed by atoms with Gasteiger partial charge in [0.05, 0.1) is 33.7 Å². The molecule has 2 saturated heterocycles. The van der Waals surface area contributed by atoms with Gasteiger partial charge in [-0.2, -0.15) is 13.2 Å². The lowest BCUT2D eigenvalue weighted by Crippen LogP contribution is -2.43. The number of alkyl halides is 3. The number of carbonyl (C=O) groups is 1. The van der Waals surface area contributed by atoms with Crippen LogP contribution in [0, 0.1) is 18.4 Å². The van der Waals surface area contributed by atoms with Crippen LogP contribution >= 0.6 is 10.8 Å². The van der Waals surface area contributed by atoms with Crippen LogP contribution in [-0.2, 0) is 13.7 Å². The molecule has 7 nitrogen and oxygen atoms in total. The maximum Gasteiger partial charge on any atom is 0.492 e. The van der Waals surface area contributed by atoms with E-state index in [-0.39, 0.29) is 0 Å². The summed E-state index contributed by atoms with van der Waals surface area (Å²) in [5.74, 6) is -2.20. The second kappa shape index (κ2) is 9.44. The molecular formula is C24H27F3N4O3S. The molecule has 0 spiro atoms. The van der Waals surface area contributed by atoms with Crippen molar-refractivity contribution >= 4 is 33.8 Å². The van der Waals surface area contributed by atoms with Crippen LogP contribution in [-0.4, -0.2) is 64.6 Å². The van der Waals surface area contributed by atoms with Crippen molar-refractivity contribution in [2.75, 3.05) is 62.3 Å². The van der Waals surface area contributed by atoms with Gasteiger partial charge in [0.2, 0.25) is 0 Å². The number of nitrogens with one attached hydrogen (secondary N) is 1. The molecule has 3 aliphatic heterocycles. The zero-order valence-electron chi connectivity index (χ0n) is 19.6. The van der Waals surface area contributed by atoms with E-state index in [1.54, 1.807) is 0 Å². The third-order valence-corrected chi connectivity index (χ3v) is 8.11. The first-order valence-corrected chi connectivity index (χ1v) is 12.7. The maximum absolute atomic E-state index is 13.3. The Morgan fingerprint density at radius 3 is 2.31 bits per heavy atom. The number of piperazine rings is 1. The van der Waals surface area contributed by atoms with Crippen molar-refractivity contribution < 1.29 is 26.9 Å². The van der Waals surface area contributed by atoms with Gasteiger partial charge in [0.1, 0.15) is 0 Å². The van der Waals surface area contributed by atoms with Gasteiger partial charge in [0, 0.05) is 61.4 Å². The molecule has 11 heteroatoms. The lowest BCUT2D eigenvalue weighted by Gasteiger charge is -2.31. The molecular weight excluding hydrogens is 481 g/mol. The van der Waals surface area contributed by atoms with E-state index in [1.165, 1.54) is 0 Å². The minimum absolute atomic E-state index is 0.494. The van der Waals surface area contributed by atoms with E-state index >= 15 is 0 Å². The lowest BCUT2D eigenvalue weighted by atomic mass is 10.1. The van der Waals surface area contributed by atoms with Crippen molar-refractivity contribution in [3.63, 3.8) is 0 Å². The number of fused-ring (bicyclic) bond motifs is 2. The molecule has 1 atom stereocenters. The Morgan fingerprint density at radius 1 is 1.00 bits per heavy atom. The number of ether oxygens (including phenoxy) is 1. The average Bonchev–Trinajstić information content (AvgIpc) is 2.85.